The number of Topliss-reactive ketones (excluding diaryl/α,β-unsaturated/α-hetero) is 1. The summed E-state index contributed by atoms with van der Waals surface area (Å²) in [5, 5.41) is 11.5. The van der Waals surface area contributed by atoms with Gasteiger partial charge in [0.25, 0.3) is 0 Å². The fourth-order valence-corrected chi connectivity index (χ4v) is 4.14. The maximum Gasteiger partial charge on any atom is 0.202 e. The molecular weight excluding hydrogens is 408 g/mol. The highest BCUT2D eigenvalue weighted by atomic mass is 79.9. The molecule has 1 aliphatic rings. The number of rotatable bonds is 3. The molecule has 1 aliphatic heterocycles. The molecule has 0 saturated carbocycles. The van der Waals surface area contributed by atoms with Crippen LogP contribution < -0.4 is 0 Å². The van der Waals surface area contributed by atoms with Crippen LogP contribution in [0.5, 0.6) is 0 Å². The summed E-state index contributed by atoms with van der Waals surface area (Å²) in [4.78, 5) is 15.8. The maximum absolute atomic E-state index is 13.2. The maximum atomic E-state index is 13.2. The molecule has 5 heteroatoms. The van der Waals surface area contributed by atoms with E-state index in [0.717, 1.165) is 33.9 Å². The van der Waals surface area contributed by atoms with Crippen molar-refractivity contribution in [3.05, 3.63) is 74.6 Å². The van der Waals surface area contributed by atoms with E-state index < -0.39 is 0 Å². The normalized spacial score (nSPS) is 17.3. The summed E-state index contributed by atoms with van der Waals surface area (Å²) in [7, 11) is 2.00. The molecule has 0 spiro atoms. The molecule has 132 valence electrons. The molecule has 3 rings (SSSR count). The smallest absolute Gasteiger partial charge is 0.202 e. The van der Waals surface area contributed by atoms with Gasteiger partial charge in [-0.3, -0.25) is 4.79 Å². The Labute approximate surface area is 166 Å². The number of nitrogens with zero attached hydrogens (tertiary/aromatic N) is 2. The van der Waals surface area contributed by atoms with E-state index in [0.29, 0.717) is 10.5 Å². The summed E-state index contributed by atoms with van der Waals surface area (Å²) in [6.45, 7) is 4.31. The van der Waals surface area contributed by atoms with Crippen LogP contribution in [0, 0.1) is 10.7 Å². The molecule has 3 nitrogen and oxygen atoms in total. The van der Waals surface area contributed by atoms with Crippen molar-refractivity contribution >= 4 is 39.2 Å². The van der Waals surface area contributed by atoms with Crippen LogP contribution in [0.15, 0.2) is 57.9 Å². The van der Waals surface area contributed by atoms with E-state index in [-0.39, 0.29) is 11.3 Å². The van der Waals surface area contributed by atoms with E-state index in [2.05, 4.69) is 46.1 Å². The van der Waals surface area contributed by atoms with Gasteiger partial charge < -0.3 is 4.90 Å². The number of thioether (sulfide) groups is 1. The Morgan fingerprint density at radius 3 is 2.50 bits per heavy atom. The second-order valence-electron chi connectivity index (χ2n) is 6.91. The van der Waals surface area contributed by atoms with E-state index in [1.54, 1.807) is 12.1 Å². The highest BCUT2D eigenvalue weighted by molar-refractivity contribution is 9.10. The average Bonchev–Trinajstić information content (AvgIpc) is 2.61. The van der Waals surface area contributed by atoms with Gasteiger partial charge in [0.1, 0.15) is 5.40 Å². The molecule has 0 aromatic heterocycles. The van der Waals surface area contributed by atoms with E-state index in [4.69, 9.17) is 0 Å². The molecular formula is C21H19BrN2OS. The van der Waals surface area contributed by atoms with Gasteiger partial charge in [-0.25, -0.2) is 0 Å². The topological polar surface area (TPSA) is 44.1 Å². The summed E-state index contributed by atoms with van der Waals surface area (Å²) < 4.78 is 0.914. The Bertz CT molecular complexity index is 926. The van der Waals surface area contributed by atoms with Crippen LogP contribution in [0.25, 0.3) is 5.70 Å². The van der Waals surface area contributed by atoms with Crippen molar-refractivity contribution in [1.29, 1.82) is 5.26 Å². The minimum absolute atomic E-state index is 0.126. The molecule has 26 heavy (non-hydrogen) atoms. The molecule has 0 unspecified atom stereocenters. The standard InChI is InChI=1S/C21H19BrN2OS/c1-21(2)12-15-6-4-5-7-17(15)18(24(21)3)20(26-13-23)19(25)14-8-10-16(22)11-9-14/h4-11H,12H2,1-3H3/b20-18+. The zero-order chi connectivity index (χ0) is 18.9. The number of benzene rings is 2. The lowest BCUT2D eigenvalue weighted by atomic mass is 9.83. The Morgan fingerprint density at radius 1 is 1.19 bits per heavy atom. The summed E-state index contributed by atoms with van der Waals surface area (Å²) >= 11 is 4.34. The first kappa shape index (κ1) is 18.8. The van der Waals surface area contributed by atoms with E-state index >= 15 is 0 Å². The van der Waals surface area contributed by atoms with E-state index in [1.165, 1.54) is 5.56 Å². The van der Waals surface area contributed by atoms with Crippen molar-refractivity contribution in [2.24, 2.45) is 0 Å². The zero-order valence-electron chi connectivity index (χ0n) is 14.9. The molecule has 0 atom stereocenters. The van der Waals surface area contributed by atoms with Gasteiger partial charge in [-0.2, -0.15) is 5.26 Å². The minimum atomic E-state index is -0.148. The number of halogens is 1. The molecule has 0 amide bonds. The van der Waals surface area contributed by atoms with Crippen LogP contribution in [-0.4, -0.2) is 23.3 Å². The predicted molar refractivity (Wildman–Crippen MR) is 111 cm³/mol. The lowest BCUT2D eigenvalue weighted by Gasteiger charge is -2.44. The van der Waals surface area contributed by atoms with E-state index in [1.807, 2.05) is 37.4 Å². The number of thiocyanates is 1. The third-order valence-corrected chi connectivity index (χ3v) is 6.02. The molecule has 0 radical (unpaired) electrons. The summed E-state index contributed by atoms with van der Waals surface area (Å²) in [6, 6.07) is 15.4. The zero-order valence-corrected chi connectivity index (χ0v) is 17.3. The molecule has 0 N–H and O–H groups in total. The summed E-state index contributed by atoms with van der Waals surface area (Å²) in [5.74, 6) is -0.126. The highest BCUT2D eigenvalue weighted by Crippen LogP contribution is 2.41. The van der Waals surface area contributed by atoms with Crippen molar-refractivity contribution in [3.63, 3.8) is 0 Å². The highest BCUT2D eigenvalue weighted by Gasteiger charge is 2.36. The first-order valence-corrected chi connectivity index (χ1v) is 9.88. The molecule has 1 heterocycles. The number of nitriles is 1. The van der Waals surface area contributed by atoms with Crippen LogP contribution in [-0.2, 0) is 6.42 Å². The van der Waals surface area contributed by atoms with E-state index in [9.17, 15) is 10.1 Å². The largest absolute Gasteiger partial charge is 0.368 e. The Kier molecular flexibility index (Phi) is 5.27. The van der Waals surface area contributed by atoms with Gasteiger partial charge >= 0.3 is 0 Å². The van der Waals surface area contributed by atoms with Crippen molar-refractivity contribution in [1.82, 2.24) is 4.90 Å². The van der Waals surface area contributed by atoms with Crippen LogP contribution in [0.4, 0.5) is 0 Å². The number of carbonyl (C=O) groups excluding carboxylic acids is 1. The lowest BCUT2D eigenvalue weighted by Crippen LogP contribution is -2.45. The first-order valence-electron chi connectivity index (χ1n) is 8.28. The van der Waals surface area contributed by atoms with Crippen LogP contribution in [0.2, 0.25) is 0 Å². The Morgan fingerprint density at radius 2 is 1.85 bits per heavy atom. The number of ketones is 1. The van der Waals surface area contributed by atoms with Gasteiger partial charge in [0, 0.05) is 28.2 Å². The van der Waals surface area contributed by atoms with Gasteiger partial charge in [0.15, 0.2) is 0 Å². The van der Waals surface area contributed by atoms with Gasteiger partial charge in [-0.05, 0) is 61.9 Å². The molecule has 0 bridgehead atoms. The Balaban J connectivity index is 2.23. The number of allylic oxidation sites excluding steroid dienone is 1. The third-order valence-electron chi connectivity index (χ3n) is 4.81. The molecule has 0 aliphatic carbocycles. The predicted octanol–water partition coefficient (Wildman–Crippen LogP) is 5.48. The molecule has 2 aromatic carbocycles. The van der Waals surface area contributed by atoms with Gasteiger partial charge in [-0.1, -0.05) is 40.2 Å². The lowest BCUT2D eigenvalue weighted by molar-refractivity contribution is 0.104. The monoisotopic (exact) mass is 426 g/mol. The van der Waals surface area contributed by atoms with Crippen molar-refractivity contribution in [3.8, 4) is 5.40 Å². The number of hydrogen-bond donors (Lipinski definition) is 0. The first-order chi connectivity index (χ1) is 12.3. The van der Waals surface area contributed by atoms with Crippen LogP contribution in [0.1, 0.15) is 35.3 Å². The molecule has 0 fully saturated rings. The quantitative estimate of drug-likeness (QED) is 0.370. The number of fused-ring (bicyclic) bond motifs is 1. The SMILES string of the molecule is CN1/C(=C(/SC#N)C(=O)c2ccc(Br)cc2)c2ccccc2CC1(C)C. The average molecular weight is 427 g/mol. The van der Waals surface area contributed by atoms with Crippen LogP contribution >= 0.6 is 27.7 Å². The Hall–Kier alpha value is -2.03. The number of carbonyl (C=O) groups is 1. The van der Waals surface area contributed by atoms with Crippen molar-refractivity contribution in [2.45, 2.75) is 25.8 Å². The second kappa shape index (κ2) is 7.30. The van der Waals surface area contributed by atoms with Crippen LogP contribution in [0.3, 0.4) is 0 Å². The third kappa shape index (κ3) is 3.44. The minimum Gasteiger partial charge on any atom is -0.368 e. The molecule has 0 saturated heterocycles. The fourth-order valence-electron chi connectivity index (χ4n) is 3.23. The summed E-state index contributed by atoms with van der Waals surface area (Å²) in [6.07, 6.45) is 0.889. The van der Waals surface area contributed by atoms with Gasteiger partial charge in [0.2, 0.25) is 5.78 Å². The molecule has 2 aromatic rings. The van der Waals surface area contributed by atoms with Crippen molar-refractivity contribution < 1.29 is 4.79 Å². The number of hydrogen-bond acceptors (Lipinski definition) is 4. The van der Waals surface area contributed by atoms with Gasteiger partial charge in [0.05, 0.1) is 10.6 Å². The van der Waals surface area contributed by atoms with Gasteiger partial charge in [-0.15, -0.1) is 0 Å². The van der Waals surface area contributed by atoms with Crippen molar-refractivity contribution in [2.75, 3.05) is 7.05 Å². The summed E-state index contributed by atoms with van der Waals surface area (Å²) in [5.41, 5.74) is 3.48. The fraction of sp³-hybridized carbons (Fsp3) is 0.238. The second-order valence-corrected chi connectivity index (χ2v) is 8.62. The number of likely N-dealkylation sites (N-methyl/N-ethyl adjacent to an activating group) is 1.